The van der Waals surface area contributed by atoms with Gasteiger partial charge in [-0.2, -0.15) is 5.10 Å². The molecule has 1 unspecified atom stereocenters. The molecule has 3 rings (SSSR count). The molecule has 0 radical (unpaired) electrons. The first-order valence-corrected chi connectivity index (χ1v) is 10.5. The second kappa shape index (κ2) is 9.50. The van der Waals surface area contributed by atoms with Gasteiger partial charge < -0.3 is 10.6 Å². The van der Waals surface area contributed by atoms with Crippen molar-refractivity contribution >= 4 is 17.3 Å². The summed E-state index contributed by atoms with van der Waals surface area (Å²) in [6, 6.07) is 10.4. The molecule has 0 saturated carbocycles. The van der Waals surface area contributed by atoms with E-state index in [1.165, 1.54) is 10.4 Å². The summed E-state index contributed by atoms with van der Waals surface area (Å²) in [6.45, 7) is 9.90. The van der Waals surface area contributed by atoms with Gasteiger partial charge in [0.05, 0.1) is 22.4 Å². The Labute approximate surface area is 170 Å². The Morgan fingerprint density at radius 2 is 2.14 bits per heavy atom. The van der Waals surface area contributed by atoms with Gasteiger partial charge in [-0.05, 0) is 51.5 Å². The molecule has 2 aromatic heterocycles. The molecule has 7 heteroatoms. The van der Waals surface area contributed by atoms with Crippen LogP contribution in [0.15, 0.2) is 47.7 Å². The Hall–Kier alpha value is -2.67. The maximum atomic E-state index is 4.75. The summed E-state index contributed by atoms with van der Waals surface area (Å²) in [5.41, 5.74) is 3.36. The first-order valence-electron chi connectivity index (χ1n) is 9.64. The van der Waals surface area contributed by atoms with Crippen molar-refractivity contribution in [1.82, 2.24) is 25.4 Å². The lowest BCUT2D eigenvalue weighted by Crippen LogP contribution is -2.38. The van der Waals surface area contributed by atoms with Crippen molar-refractivity contribution in [3.8, 4) is 5.69 Å². The van der Waals surface area contributed by atoms with E-state index >= 15 is 0 Å². The number of hydrogen-bond donors (Lipinski definition) is 2. The molecule has 3 aromatic rings. The van der Waals surface area contributed by atoms with E-state index in [0.717, 1.165) is 41.9 Å². The van der Waals surface area contributed by atoms with Crippen molar-refractivity contribution in [2.24, 2.45) is 4.99 Å². The first kappa shape index (κ1) is 20.1. The molecule has 0 fully saturated rings. The fourth-order valence-electron chi connectivity index (χ4n) is 3.04. The molecular weight excluding hydrogens is 368 g/mol. The van der Waals surface area contributed by atoms with Gasteiger partial charge in [-0.1, -0.05) is 12.1 Å². The fourth-order valence-corrected chi connectivity index (χ4v) is 3.97. The van der Waals surface area contributed by atoms with E-state index in [0.29, 0.717) is 0 Å². The minimum Gasteiger partial charge on any atom is -0.357 e. The second-order valence-electron chi connectivity index (χ2n) is 6.66. The predicted octanol–water partition coefficient (Wildman–Crippen LogP) is 3.80. The van der Waals surface area contributed by atoms with E-state index in [-0.39, 0.29) is 6.04 Å². The molecule has 0 aliphatic rings. The highest BCUT2D eigenvalue weighted by molar-refractivity contribution is 7.11. The third-order valence-electron chi connectivity index (χ3n) is 4.44. The number of aliphatic imine (C=N–C) groups is 1. The van der Waals surface area contributed by atoms with Gasteiger partial charge in [0.2, 0.25) is 0 Å². The zero-order valence-corrected chi connectivity index (χ0v) is 17.8. The third kappa shape index (κ3) is 5.19. The topological polar surface area (TPSA) is 67.1 Å². The molecule has 0 bridgehead atoms. The minimum atomic E-state index is 0.126. The van der Waals surface area contributed by atoms with Gasteiger partial charge >= 0.3 is 0 Å². The molecule has 2 N–H and O–H groups in total. The maximum absolute atomic E-state index is 4.75. The number of hydrogen-bond acceptors (Lipinski definition) is 4. The lowest BCUT2D eigenvalue weighted by atomic mass is 10.1. The number of thiazole rings is 1. The smallest absolute Gasteiger partial charge is 0.191 e. The van der Waals surface area contributed by atoms with Crippen LogP contribution in [0.4, 0.5) is 0 Å². The predicted molar refractivity (Wildman–Crippen MR) is 116 cm³/mol. The molecule has 2 heterocycles. The Bertz CT molecular complexity index is 913. The average Bonchev–Trinajstić information content (AvgIpc) is 3.32. The Kier molecular flexibility index (Phi) is 6.81. The highest BCUT2D eigenvalue weighted by Crippen LogP contribution is 2.18. The lowest BCUT2D eigenvalue weighted by molar-refractivity contribution is 0.685. The van der Waals surface area contributed by atoms with Crippen LogP contribution in [0.3, 0.4) is 0 Å². The maximum Gasteiger partial charge on any atom is 0.191 e. The van der Waals surface area contributed by atoms with Crippen molar-refractivity contribution < 1.29 is 0 Å². The zero-order valence-electron chi connectivity index (χ0n) is 16.9. The Morgan fingerprint density at radius 3 is 2.82 bits per heavy atom. The number of nitrogens with zero attached hydrogens (tertiary/aromatic N) is 4. The van der Waals surface area contributed by atoms with Crippen LogP contribution in [-0.4, -0.2) is 33.8 Å². The Morgan fingerprint density at radius 1 is 1.29 bits per heavy atom. The lowest BCUT2D eigenvalue weighted by Gasteiger charge is -2.19. The van der Waals surface area contributed by atoms with Crippen molar-refractivity contribution in [2.75, 3.05) is 13.1 Å². The monoisotopic (exact) mass is 396 g/mol. The number of aromatic nitrogens is 3. The van der Waals surface area contributed by atoms with Crippen LogP contribution in [0.1, 0.15) is 41.0 Å². The van der Waals surface area contributed by atoms with E-state index in [9.17, 15) is 0 Å². The van der Waals surface area contributed by atoms with Crippen LogP contribution >= 0.6 is 11.3 Å². The van der Waals surface area contributed by atoms with Crippen molar-refractivity contribution in [3.05, 3.63) is 63.9 Å². The van der Waals surface area contributed by atoms with E-state index in [1.807, 2.05) is 16.9 Å². The molecule has 0 aliphatic heterocycles. The second-order valence-corrected chi connectivity index (χ2v) is 7.95. The quantitative estimate of drug-likeness (QED) is 0.471. The normalized spacial score (nSPS) is 12.8. The van der Waals surface area contributed by atoms with Crippen LogP contribution in [0.25, 0.3) is 5.69 Å². The average molecular weight is 397 g/mol. The van der Waals surface area contributed by atoms with Crippen LogP contribution in [0, 0.1) is 13.8 Å². The third-order valence-corrected chi connectivity index (χ3v) is 5.58. The largest absolute Gasteiger partial charge is 0.357 e. The molecule has 0 spiro atoms. The van der Waals surface area contributed by atoms with Crippen LogP contribution in [-0.2, 0) is 6.42 Å². The van der Waals surface area contributed by atoms with Gasteiger partial charge in [0, 0.05) is 36.8 Å². The molecule has 28 heavy (non-hydrogen) atoms. The summed E-state index contributed by atoms with van der Waals surface area (Å²) in [4.78, 5) is 10.6. The van der Waals surface area contributed by atoms with Gasteiger partial charge in [0.1, 0.15) is 0 Å². The Balaban J connectivity index is 1.66. The summed E-state index contributed by atoms with van der Waals surface area (Å²) in [5.74, 6) is 0.832. The summed E-state index contributed by atoms with van der Waals surface area (Å²) in [6.07, 6.45) is 4.65. The zero-order chi connectivity index (χ0) is 19.9. The van der Waals surface area contributed by atoms with E-state index < -0.39 is 0 Å². The fraction of sp³-hybridized carbons (Fsp3) is 0.381. The molecule has 0 amide bonds. The highest BCUT2D eigenvalue weighted by Gasteiger charge is 2.10. The van der Waals surface area contributed by atoms with E-state index in [4.69, 9.17) is 4.99 Å². The van der Waals surface area contributed by atoms with Crippen molar-refractivity contribution in [2.45, 2.75) is 40.2 Å². The van der Waals surface area contributed by atoms with Crippen molar-refractivity contribution in [3.63, 3.8) is 0 Å². The van der Waals surface area contributed by atoms with Crippen LogP contribution < -0.4 is 10.6 Å². The number of rotatable bonds is 7. The standard InChI is InChI=1S/C21H28N6S/c1-5-22-21(23-12-10-20-16(3)25-17(4)28-20)26-15(2)18-8-6-9-19(14-18)27-13-7-11-24-27/h6-9,11,13-15H,5,10,12H2,1-4H3,(H2,22,23,26). The number of guanidine groups is 1. The number of benzene rings is 1. The van der Waals surface area contributed by atoms with Crippen LogP contribution in [0.5, 0.6) is 0 Å². The van der Waals surface area contributed by atoms with Gasteiger partial charge in [0.25, 0.3) is 0 Å². The van der Waals surface area contributed by atoms with Gasteiger partial charge in [0.15, 0.2) is 5.96 Å². The summed E-state index contributed by atoms with van der Waals surface area (Å²) in [7, 11) is 0. The van der Waals surface area contributed by atoms with Gasteiger partial charge in [-0.3, -0.25) is 4.99 Å². The number of nitrogens with one attached hydrogen (secondary N) is 2. The first-order chi connectivity index (χ1) is 13.6. The molecular formula is C21H28N6S. The molecule has 0 saturated heterocycles. The van der Waals surface area contributed by atoms with E-state index in [1.54, 1.807) is 17.5 Å². The summed E-state index contributed by atoms with van der Waals surface area (Å²) >= 11 is 1.76. The molecule has 1 aromatic carbocycles. The van der Waals surface area contributed by atoms with E-state index in [2.05, 4.69) is 72.7 Å². The SMILES string of the molecule is CCNC(=NCCc1sc(C)nc1C)NC(C)c1cccc(-n2cccn2)c1. The van der Waals surface area contributed by atoms with Gasteiger partial charge in [-0.25, -0.2) is 9.67 Å². The molecule has 6 nitrogen and oxygen atoms in total. The molecule has 1 atom stereocenters. The molecule has 148 valence electrons. The molecule has 0 aliphatic carbocycles. The van der Waals surface area contributed by atoms with Crippen LogP contribution in [0.2, 0.25) is 0 Å². The van der Waals surface area contributed by atoms with Crippen molar-refractivity contribution in [1.29, 1.82) is 0 Å². The highest BCUT2D eigenvalue weighted by atomic mass is 32.1. The summed E-state index contributed by atoms with van der Waals surface area (Å²) in [5, 5.41) is 12.3. The van der Waals surface area contributed by atoms with Gasteiger partial charge in [-0.15, -0.1) is 11.3 Å². The minimum absolute atomic E-state index is 0.126. The summed E-state index contributed by atoms with van der Waals surface area (Å²) < 4.78 is 1.87. The number of aryl methyl sites for hydroxylation is 2.